The van der Waals surface area contributed by atoms with Crippen molar-refractivity contribution in [3.05, 3.63) is 130 Å². The summed E-state index contributed by atoms with van der Waals surface area (Å²) in [5, 5.41) is 12.3. The van der Waals surface area contributed by atoms with Gasteiger partial charge in [0.1, 0.15) is 18.3 Å². The molecule has 1 heterocycles. The summed E-state index contributed by atoms with van der Waals surface area (Å²) in [5.41, 5.74) is 2.91. The molecule has 1 aliphatic heterocycles. The Bertz CT molecular complexity index is 1090. The van der Waals surface area contributed by atoms with E-state index in [9.17, 15) is 10.1 Å². The van der Waals surface area contributed by atoms with Crippen molar-refractivity contribution < 1.29 is 23.9 Å². The molecule has 0 unspecified atom stereocenters. The third-order valence-corrected chi connectivity index (χ3v) is 6.36. The van der Waals surface area contributed by atoms with Gasteiger partial charge in [0.15, 0.2) is 6.10 Å². The Balaban J connectivity index is 1.57. The fourth-order valence-electron chi connectivity index (χ4n) is 4.55. The minimum absolute atomic E-state index is 0.206. The molecule has 0 N–H and O–H groups in total. The second-order valence-corrected chi connectivity index (χ2v) is 9.04. The van der Waals surface area contributed by atoms with Crippen molar-refractivity contribution in [2.75, 3.05) is 6.61 Å². The van der Waals surface area contributed by atoms with E-state index in [1.54, 1.807) is 6.08 Å². The van der Waals surface area contributed by atoms with Crippen LogP contribution in [0.2, 0.25) is 0 Å². The standard InChI is InChI=1S/C30H33NO6/c1-2-12-26-28(31(32)33)30(36-21-25-17-10-5-11-18-25)29(35-20-24-15-8-4-9-16-24)27(37-26)22-34-19-23-13-6-3-7-14-23/h2-11,13-18,26-30H,1,12,19-22H2/t26-,27+,28-,29-,30+/m0/s1. The summed E-state index contributed by atoms with van der Waals surface area (Å²) in [6.07, 6.45) is -0.872. The van der Waals surface area contributed by atoms with E-state index in [1.807, 2.05) is 91.0 Å². The summed E-state index contributed by atoms with van der Waals surface area (Å²) in [6, 6.07) is 28.0. The first-order valence-corrected chi connectivity index (χ1v) is 12.5. The summed E-state index contributed by atoms with van der Waals surface area (Å²) in [6.45, 7) is 4.88. The van der Waals surface area contributed by atoms with Crippen LogP contribution in [0, 0.1) is 10.1 Å². The molecule has 0 radical (unpaired) electrons. The van der Waals surface area contributed by atoms with Crippen LogP contribution >= 0.6 is 0 Å². The molecule has 0 aliphatic carbocycles. The van der Waals surface area contributed by atoms with Gasteiger partial charge in [0.2, 0.25) is 0 Å². The van der Waals surface area contributed by atoms with Gasteiger partial charge < -0.3 is 18.9 Å². The third-order valence-electron chi connectivity index (χ3n) is 6.36. The highest BCUT2D eigenvalue weighted by molar-refractivity contribution is 5.15. The van der Waals surface area contributed by atoms with Crippen molar-refractivity contribution in [2.24, 2.45) is 0 Å². The minimum Gasteiger partial charge on any atom is -0.374 e. The molecule has 37 heavy (non-hydrogen) atoms. The Kier molecular flexibility index (Phi) is 9.97. The van der Waals surface area contributed by atoms with E-state index in [4.69, 9.17) is 18.9 Å². The molecule has 194 valence electrons. The van der Waals surface area contributed by atoms with Crippen LogP contribution in [0.5, 0.6) is 0 Å². The zero-order valence-electron chi connectivity index (χ0n) is 20.8. The van der Waals surface area contributed by atoms with Gasteiger partial charge in [-0.2, -0.15) is 0 Å². The molecule has 5 atom stereocenters. The Morgan fingerprint density at radius 1 is 0.757 bits per heavy atom. The number of nitrogens with zero attached hydrogens (tertiary/aromatic N) is 1. The molecule has 0 spiro atoms. The molecule has 3 aromatic carbocycles. The molecule has 3 aromatic rings. The SMILES string of the molecule is C=CC[C@@H]1O[C@H](COCc2ccccc2)[C@H](OCc2ccccc2)[C@H](OCc2ccccc2)[C@H]1[N+](=O)[O-]. The molecule has 1 aliphatic rings. The smallest absolute Gasteiger partial charge is 0.267 e. The zero-order chi connectivity index (χ0) is 25.9. The number of hydrogen-bond donors (Lipinski definition) is 0. The Morgan fingerprint density at radius 2 is 1.24 bits per heavy atom. The lowest BCUT2D eigenvalue weighted by atomic mass is 9.91. The fourth-order valence-corrected chi connectivity index (χ4v) is 4.55. The van der Waals surface area contributed by atoms with Crippen LogP contribution in [0.3, 0.4) is 0 Å². The molecule has 1 fully saturated rings. The fraction of sp³-hybridized carbons (Fsp3) is 0.333. The van der Waals surface area contributed by atoms with Gasteiger partial charge in [-0.15, -0.1) is 6.58 Å². The van der Waals surface area contributed by atoms with Gasteiger partial charge in [0.05, 0.1) is 26.4 Å². The lowest BCUT2D eigenvalue weighted by molar-refractivity contribution is -0.561. The summed E-state index contributed by atoms with van der Waals surface area (Å²) in [5.74, 6) is 0. The maximum Gasteiger partial charge on any atom is 0.267 e. The van der Waals surface area contributed by atoms with E-state index in [1.165, 1.54) is 0 Å². The molecule has 0 saturated carbocycles. The van der Waals surface area contributed by atoms with Crippen LogP contribution in [0.25, 0.3) is 0 Å². The number of benzene rings is 3. The molecule has 7 nitrogen and oxygen atoms in total. The largest absolute Gasteiger partial charge is 0.374 e. The van der Waals surface area contributed by atoms with E-state index < -0.39 is 30.5 Å². The molecule has 0 aromatic heterocycles. The van der Waals surface area contributed by atoms with E-state index in [2.05, 4.69) is 6.58 Å². The predicted molar refractivity (Wildman–Crippen MR) is 140 cm³/mol. The predicted octanol–water partition coefficient (Wildman–Crippen LogP) is 5.36. The lowest BCUT2D eigenvalue weighted by Crippen LogP contribution is -2.62. The summed E-state index contributed by atoms with van der Waals surface area (Å²) in [4.78, 5) is 12.0. The van der Waals surface area contributed by atoms with E-state index >= 15 is 0 Å². The van der Waals surface area contributed by atoms with Crippen molar-refractivity contribution in [2.45, 2.75) is 56.7 Å². The highest BCUT2D eigenvalue weighted by atomic mass is 16.7. The van der Waals surface area contributed by atoms with Crippen LogP contribution in [-0.2, 0) is 38.8 Å². The Morgan fingerprint density at radius 3 is 1.73 bits per heavy atom. The third kappa shape index (κ3) is 7.57. The maximum atomic E-state index is 12.3. The van der Waals surface area contributed by atoms with Crippen molar-refractivity contribution in [1.29, 1.82) is 0 Å². The minimum atomic E-state index is -1.12. The zero-order valence-corrected chi connectivity index (χ0v) is 20.8. The van der Waals surface area contributed by atoms with Gasteiger partial charge in [-0.05, 0) is 23.1 Å². The number of rotatable bonds is 13. The van der Waals surface area contributed by atoms with Gasteiger partial charge in [-0.3, -0.25) is 10.1 Å². The second-order valence-electron chi connectivity index (χ2n) is 9.04. The van der Waals surface area contributed by atoms with Crippen LogP contribution in [0.15, 0.2) is 104 Å². The van der Waals surface area contributed by atoms with Crippen LogP contribution in [0.1, 0.15) is 23.1 Å². The summed E-state index contributed by atoms with van der Waals surface area (Å²) < 4.78 is 24.9. The molecule has 4 rings (SSSR count). The topological polar surface area (TPSA) is 80.1 Å². The van der Waals surface area contributed by atoms with Crippen LogP contribution in [0.4, 0.5) is 0 Å². The average Bonchev–Trinajstić information content (AvgIpc) is 2.93. The number of hydrogen-bond acceptors (Lipinski definition) is 6. The highest BCUT2D eigenvalue weighted by Crippen LogP contribution is 2.31. The van der Waals surface area contributed by atoms with Crippen molar-refractivity contribution >= 4 is 0 Å². The summed E-state index contributed by atoms with van der Waals surface area (Å²) in [7, 11) is 0. The monoisotopic (exact) mass is 503 g/mol. The first-order chi connectivity index (χ1) is 18.2. The molecular weight excluding hydrogens is 470 g/mol. The Labute approximate surface area is 217 Å². The highest BCUT2D eigenvalue weighted by Gasteiger charge is 2.53. The quantitative estimate of drug-likeness (QED) is 0.177. The lowest BCUT2D eigenvalue weighted by Gasteiger charge is -2.42. The first kappa shape index (κ1) is 26.7. The Hall–Kier alpha value is -3.36. The molecule has 0 amide bonds. The van der Waals surface area contributed by atoms with E-state index in [0.29, 0.717) is 13.0 Å². The normalized spacial score (nSPS) is 23.4. The van der Waals surface area contributed by atoms with Gasteiger partial charge in [-0.25, -0.2) is 0 Å². The van der Waals surface area contributed by atoms with Crippen molar-refractivity contribution in [3.8, 4) is 0 Å². The van der Waals surface area contributed by atoms with Crippen molar-refractivity contribution in [3.63, 3.8) is 0 Å². The van der Waals surface area contributed by atoms with Gasteiger partial charge >= 0.3 is 0 Å². The molecule has 0 bridgehead atoms. The maximum absolute atomic E-state index is 12.3. The summed E-state index contributed by atoms with van der Waals surface area (Å²) >= 11 is 0. The van der Waals surface area contributed by atoms with E-state index in [-0.39, 0.29) is 24.7 Å². The molecular formula is C30H33NO6. The average molecular weight is 504 g/mol. The van der Waals surface area contributed by atoms with Crippen molar-refractivity contribution in [1.82, 2.24) is 0 Å². The number of ether oxygens (including phenoxy) is 4. The molecule has 7 heteroatoms. The van der Waals surface area contributed by atoms with Crippen LogP contribution in [-0.4, -0.2) is 42.0 Å². The molecule has 1 saturated heterocycles. The van der Waals surface area contributed by atoms with Gasteiger partial charge in [0, 0.05) is 4.92 Å². The van der Waals surface area contributed by atoms with E-state index in [0.717, 1.165) is 16.7 Å². The van der Waals surface area contributed by atoms with Gasteiger partial charge in [0.25, 0.3) is 6.04 Å². The number of nitro groups is 1. The van der Waals surface area contributed by atoms with Gasteiger partial charge in [-0.1, -0.05) is 97.1 Å². The second kappa shape index (κ2) is 13.8. The van der Waals surface area contributed by atoms with Crippen LogP contribution < -0.4 is 0 Å². The first-order valence-electron chi connectivity index (χ1n) is 12.5.